The zero-order chi connectivity index (χ0) is 15.8. The van der Waals surface area contributed by atoms with E-state index in [4.69, 9.17) is 16.3 Å². The molecule has 0 aliphatic heterocycles. The Labute approximate surface area is 136 Å². The van der Waals surface area contributed by atoms with E-state index in [0.29, 0.717) is 6.61 Å². The van der Waals surface area contributed by atoms with Crippen LogP contribution in [0.5, 0.6) is 0 Å². The maximum Gasteiger partial charge on any atom is 0.330 e. The Balaban J connectivity index is 2.05. The van der Waals surface area contributed by atoms with E-state index in [0.717, 1.165) is 34.6 Å². The van der Waals surface area contributed by atoms with Gasteiger partial charge in [-0.25, -0.2) is 4.79 Å². The van der Waals surface area contributed by atoms with Crippen molar-refractivity contribution >= 4 is 23.6 Å². The van der Waals surface area contributed by atoms with Crippen LogP contribution in [0.15, 0.2) is 54.6 Å². The van der Waals surface area contributed by atoms with Crippen molar-refractivity contribution in [1.82, 2.24) is 0 Å². The number of carbonyl (C=O) groups excluding carboxylic acids is 1. The lowest BCUT2D eigenvalue weighted by molar-refractivity contribution is -0.137. The monoisotopic (exact) mass is 314 g/mol. The molecule has 0 radical (unpaired) electrons. The normalized spacial score (nSPS) is 10.8. The van der Waals surface area contributed by atoms with Crippen LogP contribution in [0.1, 0.15) is 25.3 Å². The minimum atomic E-state index is -0.301. The van der Waals surface area contributed by atoms with E-state index < -0.39 is 0 Å². The lowest BCUT2D eigenvalue weighted by Gasteiger charge is -2.03. The molecule has 0 aliphatic rings. The number of benzene rings is 2. The third-order valence-electron chi connectivity index (χ3n) is 3.22. The van der Waals surface area contributed by atoms with E-state index in [-0.39, 0.29) is 5.97 Å². The van der Waals surface area contributed by atoms with Gasteiger partial charge in [0.1, 0.15) is 0 Å². The molecule has 2 aromatic rings. The number of rotatable bonds is 6. The van der Waals surface area contributed by atoms with E-state index in [2.05, 4.69) is 6.92 Å². The predicted octanol–water partition coefficient (Wildman–Crippen LogP) is 5.36. The number of halogens is 1. The Morgan fingerprint density at radius 3 is 2.64 bits per heavy atom. The Morgan fingerprint density at radius 2 is 1.91 bits per heavy atom. The molecule has 0 saturated heterocycles. The molecule has 0 N–H and O–H groups in total. The lowest BCUT2D eigenvalue weighted by Crippen LogP contribution is -2.01. The second kappa shape index (κ2) is 8.40. The molecule has 114 valence electrons. The Bertz CT molecular complexity index is 645. The van der Waals surface area contributed by atoms with Gasteiger partial charge in [-0.3, -0.25) is 0 Å². The molecule has 2 aromatic carbocycles. The second-order valence-corrected chi connectivity index (χ2v) is 5.42. The summed E-state index contributed by atoms with van der Waals surface area (Å²) in [4.78, 5) is 11.6. The van der Waals surface area contributed by atoms with Crippen molar-refractivity contribution in [1.29, 1.82) is 0 Å². The summed E-state index contributed by atoms with van der Waals surface area (Å²) in [6.07, 6.45) is 5.15. The van der Waals surface area contributed by atoms with E-state index in [1.54, 1.807) is 6.08 Å². The topological polar surface area (TPSA) is 26.3 Å². The minimum Gasteiger partial charge on any atom is -0.463 e. The third kappa shape index (κ3) is 5.05. The molecular weight excluding hydrogens is 296 g/mol. The van der Waals surface area contributed by atoms with Gasteiger partial charge in [0.25, 0.3) is 0 Å². The highest BCUT2D eigenvalue weighted by atomic mass is 35.5. The summed E-state index contributed by atoms with van der Waals surface area (Å²) < 4.78 is 5.09. The van der Waals surface area contributed by atoms with Gasteiger partial charge in [0.05, 0.1) is 6.61 Å². The average molecular weight is 315 g/mol. The number of carbonyl (C=O) groups is 1. The maximum atomic E-state index is 11.6. The standard InChI is InChI=1S/C19H19ClO2/c1-2-3-13-22-19(21)12-7-15-5-4-6-17(14-15)16-8-10-18(20)11-9-16/h4-12,14H,2-3,13H2,1H3/b12-7+. The summed E-state index contributed by atoms with van der Waals surface area (Å²) in [6.45, 7) is 2.54. The first-order valence-electron chi connectivity index (χ1n) is 7.40. The second-order valence-electron chi connectivity index (χ2n) is 4.99. The van der Waals surface area contributed by atoms with Crippen molar-refractivity contribution in [2.45, 2.75) is 19.8 Å². The minimum absolute atomic E-state index is 0.301. The van der Waals surface area contributed by atoms with E-state index >= 15 is 0 Å². The first-order valence-corrected chi connectivity index (χ1v) is 7.77. The molecule has 0 bridgehead atoms. The first-order chi connectivity index (χ1) is 10.7. The van der Waals surface area contributed by atoms with Gasteiger partial charge in [0, 0.05) is 11.1 Å². The fourth-order valence-corrected chi connectivity index (χ4v) is 2.12. The van der Waals surface area contributed by atoms with Gasteiger partial charge in [-0.1, -0.05) is 55.3 Å². The van der Waals surface area contributed by atoms with E-state index in [9.17, 15) is 4.79 Å². The molecule has 0 saturated carbocycles. The van der Waals surface area contributed by atoms with Crippen LogP contribution >= 0.6 is 11.6 Å². The van der Waals surface area contributed by atoms with Gasteiger partial charge in [-0.2, -0.15) is 0 Å². The highest BCUT2D eigenvalue weighted by molar-refractivity contribution is 6.30. The van der Waals surface area contributed by atoms with Crippen molar-refractivity contribution in [2.24, 2.45) is 0 Å². The highest BCUT2D eigenvalue weighted by Crippen LogP contribution is 2.22. The highest BCUT2D eigenvalue weighted by Gasteiger charge is 2.00. The Hall–Kier alpha value is -2.06. The molecule has 3 heteroatoms. The molecule has 0 heterocycles. The van der Waals surface area contributed by atoms with Gasteiger partial charge in [-0.15, -0.1) is 0 Å². The number of hydrogen-bond donors (Lipinski definition) is 0. The SMILES string of the molecule is CCCCOC(=O)/C=C/c1cccc(-c2ccc(Cl)cc2)c1. The Morgan fingerprint density at radius 1 is 1.14 bits per heavy atom. The van der Waals surface area contributed by atoms with Crippen LogP contribution in [0.3, 0.4) is 0 Å². The molecular formula is C19H19ClO2. The van der Waals surface area contributed by atoms with Gasteiger partial charge >= 0.3 is 5.97 Å². The van der Waals surface area contributed by atoms with Gasteiger partial charge in [0.2, 0.25) is 0 Å². The zero-order valence-electron chi connectivity index (χ0n) is 12.6. The molecule has 2 rings (SSSR count). The summed E-state index contributed by atoms with van der Waals surface area (Å²) in [5.41, 5.74) is 3.13. The largest absolute Gasteiger partial charge is 0.463 e. The van der Waals surface area contributed by atoms with Crippen molar-refractivity contribution in [3.8, 4) is 11.1 Å². The molecule has 0 fully saturated rings. The number of ether oxygens (including phenoxy) is 1. The lowest BCUT2D eigenvalue weighted by atomic mass is 10.0. The Kier molecular flexibility index (Phi) is 6.23. The zero-order valence-corrected chi connectivity index (χ0v) is 13.3. The predicted molar refractivity (Wildman–Crippen MR) is 91.8 cm³/mol. The molecule has 2 nitrogen and oxygen atoms in total. The summed E-state index contributed by atoms with van der Waals surface area (Å²) in [5, 5.41) is 0.717. The van der Waals surface area contributed by atoms with E-state index in [1.165, 1.54) is 6.08 Å². The fraction of sp³-hybridized carbons (Fsp3) is 0.211. The first kappa shape index (κ1) is 16.3. The van der Waals surface area contributed by atoms with Crippen LogP contribution < -0.4 is 0 Å². The average Bonchev–Trinajstić information content (AvgIpc) is 2.54. The summed E-state index contributed by atoms with van der Waals surface area (Å²) in [6, 6.07) is 15.7. The van der Waals surface area contributed by atoms with Crippen molar-refractivity contribution in [3.63, 3.8) is 0 Å². The maximum absolute atomic E-state index is 11.6. The molecule has 0 spiro atoms. The smallest absolute Gasteiger partial charge is 0.330 e. The van der Waals surface area contributed by atoms with Crippen LogP contribution in [-0.2, 0) is 9.53 Å². The molecule has 0 amide bonds. The van der Waals surface area contributed by atoms with Gasteiger partial charge < -0.3 is 4.74 Å². The van der Waals surface area contributed by atoms with Gasteiger partial charge in [-0.05, 0) is 47.4 Å². The van der Waals surface area contributed by atoms with Crippen molar-refractivity contribution in [2.75, 3.05) is 6.61 Å². The van der Waals surface area contributed by atoms with E-state index in [1.807, 2.05) is 48.5 Å². The molecule has 0 aromatic heterocycles. The number of esters is 1. The van der Waals surface area contributed by atoms with Crippen LogP contribution in [0.25, 0.3) is 17.2 Å². The van der Waals surface area contributed by atoms with Crippen molar-refractivity contribution < 1.29 is 9.53 Å². The molecule has 22 heavy (non-hydrogen) atoms. The van der Waals surface area contributed by atoms with Crippen LogP contribution in [0.4, 0.5) is 0 Å². The summed E-state index contributed by atoms with van der Waals surface area (Å²) >= 11 is 5.90. The number of unbranched alkanes of at least 4 members (excludes halogenated alkanes) is 1. The quantitative estimate of drug-likeness (QED) is 0.407. The van der Waals surface area contributed by atoms with Crippen molar-refractivity contribution in [3.05, 3.63) is 65.2 Å². The molecule has 0 aliphatic carbocycles. The molecule has 0 atom stereocenters. The summed E-state index contributed by atoms with van der Waals surface area (Å²) in [7, 11) is 0. The third-order valence-corrected chi connectivity index (χ3v) is 3.47. The number of hydrogen-bond acceptors (Lipinski definition) is 2. The molecule has 0 unspecified atom stereocenters. The van der Waals surface area contributed by atoms with Crippen LogP contribution in [0.2, 0.25) is 5.02 Å². The van der Waals surface area contributed by atoms with Crippen LogP contribution in [-0.4, -0.2) is 12.6 Å². The van der Waals surface area contributed by atoms with Crippen LogP contribution in [0, 0.1) is 0 Å². The van der Waals surface area contributed by atoms with Gasteiger partial charge in [0.15, 0.2) is 0 Å². The fourth-order valence-electron chi connectivity index (χ4n) is 1.99. The summed E-state index contributed by atoms with van der Waals surface area (Å²) in [5.74, 6) is -0.301.